The van der Waals surface area contributed by atoms with Crippen LogP contribution in [-0.4, -0.2) is 9.55 Å². The highest BCUT2D eigenvalue weighted by Gasteiger charge is 2.26. The van der Waals surface area contributed by atoms with Crippen LogP contribution in [-0.2, 0) is 5.88 Å². The second-order valence-electron chi connectivity index (χ2n) is 5.31. The van der Waals surface area contributed by atoms with Crippen molar-refractivity contribution in [1.82, 2.24) is 9.55 Å². The molecule has 3 rings (SSSR count). The van der Waals surface area contributed by atoms with Gasteiger partial charge in [0, 0.05) is 12.1 Å². The number of alkyl halides is 1. The van der Waals surface area contributed by atoms with E-state index in [1.54, 1.807) is 6.07 Å². The molecule has 5 heteroatoms. The molecule has 1 heterocycles. The first kappa shape index (κ1) is 13.2. The number of benzene rings is 1. The molecule has 0 radical (unpaired) electrons. The van der Waals surface area contributed by atoms with Gasteiger partial charge in [0.15, 0.2) is 0 Å². The summed E-state index contributed by atoms with van der Waals surface area (Å²) in [4.78, 5) is 4.46. The van der Waals surface area contributed by atoms with Gasteiger partial charge >= 0.3 is 0 Å². The van der Waals surface area contributed by atoms with E-state index in [2.05, 4.69) is 16.5 Å². The molecule has 2 aromatic rings. The summed E-state index contributed by atoms with van der Waals surface area (Å²) in [5.41, 5.74) is 1.50. The number of nitrogens with zero attached hydrogens (tertiary/aromatic N) is 2. The number of halogens is 3. The fourth-order valence-corrected chi connectivity index (χ4v) is 3.01. The topological polar surface area (TPSA) is 17.8 Å². The summed E-state index contributed by atoms with van der Waals surface area (Å²) < 4.78 is 15.7. The monoisotopic (exact) mass is 300 g/mol. The molecule has 0 bridgehead atoms. The van der Waals surface area contributed by atoms with Gasteiger partial charge in [-0.05, 0) is 25.3 Å². The smallest absolute Gasteiger partial charge is 0.144 e. The van der Waals surface area contributed by atoms with Crippen molar-refractivity contribution in [2.75, 3.05) is 0 Å². The van der Waals surface area contributed by atoms with E-state index in [0.29, 0.717) is 11.4 Å². The average Bonchev–Trinajstić information content (AvgIpc) is 3.10. The van der Waals surface area contributed by atoms with E-state index in [4.69, 9.17) is 23.2 Å². The van der Waals surface area contributed by atoms with Crippen molar-refractivity contribution in [1.29, 1.82) is 0 Å². The molecule has 1 aliphatic carbocycles. The van der Waals surface area contributed by atoms with E-state index in [1.807, 2.05) is 0 Å². The summed E-state index contributed by atoms with van der Waals surface area (Å²) in [6, 6.07) is 3.32. The standard InChI is InChI=1S/C14H15Cl2FN2/c1-8(4-9-2-3-9)19-13-6-11(17)10(16)5-12(13)18-14(19)7-15/h5-6,8-9H,2-4,7H2,1H3. The lowest BCUT2D eigenvalue weighted by Gasteiger charge is -2.16. The van der Waals surface area contributed by atoms with Crippen LogP contribution in [0.5, 0.6) is 0 Å². The van der Waals surface area contributed by atoms with Crippen LogP contribution in [0.2, 0.25) is 5.02 Å². The fraction of sp³-hybridized carbons (Fsp3) is 0.500. The Bertz CT molecular complexity index is 619. The Morgan fingerprint density at radius 3 is 2.84 bits per heavy atom. The third kappa shape index (κ3) is 2.46. The Morgan fingerprint density at radius 2 is 2.21 bits per heavy atom. The minimum absolute atomic E-state index is 0.105. The molecule has 0 saturated heterocycles. The lowest BCUT2D eigenvalue weighted by molar-refractivity contribution is 0.476. The molecule has 1 aliphatic rings. The molecule has 1 atom stereocenters. The Balaban J connectivity index is 2.10. The van der Waals surface area contributed by atoms with Gasteiger partial charge < -0.3 is 4.57 Å². The molecule has 2 nitrogen and oxygen atoms in total. The van der Waals surface area contributed by atoms with E-state index in [1.165, 1.54) is 18.9 Å². The number of fused-ring (bicyclic) bond motifs is 1. The van der Waals surface area contributed by atoms with Crippen LogP contribution in [0.25, 0.3) is 11.0 Å². The summed E-state index contributed by atoms with van der Waals surface area (Å²) in [6.07, 6.45) is 3.69. The third-order valence-corrected chi connectivity index (χ3v) is 4.26. The molecule has 19 heavy (non-hydrogen) atoms. The van der Waals surface area contributed by atoms with Crippen molar-refractivity contribution in [3.8, 4) is 0 Å². The van der Waals surface area contributed by atoms with Gasteiger partial charge in [0.2, 0.25) is 0 Å². The minimum atomic E-state index is -0.407. The summed E-state index contributed by atoms with van der Waals surface area (Å²) in [5.74, 6) is 1.50. The molecule has 1 unspecified atom stereocenters. The molecule has 102 valence electrons. The van der Waals surface area contributed by atoms with Crippen molar-refractivity contribution in [2.45, 2.75) is 38.1 Å². The van der Waals surface area contributed by atoms with E-state index in [9.17, 15) is 4.39 Å². The van der Waals surface area contributed by atoms with Gasteiger partial charge in [0.05, 0.1) is 21.9 Å². The molecule has 1 aromatic carbocycles. The van der Waals surface area contributed by atoms with Gasteiger partial charge in [-0.1, -0.05) is 24.4 Å². The number of hydrogen-bond acceptors (Lipinski definition) is 1. The number of hydrogen-bond donors (Lipinski definition) is 0. The Labute approximate surface area is 121 Å². The lowest BCUT2D eigenvalue weighted by Crippen LogP contribution is -2.09. The second-order valence-corrected chi connectivity index (χ2v) is 5.99. The summed E-state index contributed by atoms with van der Waals surface area (Å²) in [5, 5.41) is 0.105. The van der Waals surface area contributed by atoms with Crippen LogP contribution in [0.3, 0.4) is 0 Å². The quantitative estimate of drug-likeness (QED) is 0.732. The normalized spacial score (nSPS) is 17.1. The fourth-order valence-electron chi connectivity index (χ4n) is 2.67. The van der Waals surface area contributed by atoms with Gasteiger partial charge in [-0.15, -0.1) is 11.6 Å². The first-order valence-corrected chi connectivity index (χ1v) is 7.43. The Hall–Kier alpha value is -0.800. The Kier molecular flexibility index (Phi) is 3.44. The molecule has 0 amide bonds. The Morgan fingerprint density at radius 1 is 1.47 bits per heavy atom. The van der Waals surface area contributed by atoms with Crippen molar-refractivity contribution in [2.24, 2.45) is 5.92 Å². The van der Waals surface area contributed by atoms with Gasteiger partial charge in [-0.3, -0.25) is 0 Å². The minimum Gasteiger partial charge on any atom is -0.324 e. The van der Waals surface area contributed by atoms with Crippen LogP contribution >= 0.6 is 23.2 Å². The van der Waals surface area contributed by atoms with Gasteiger partial charge in [0.1, 0.15) is 11.6 Å². The van der Waals surface area contributed by atoms with Crippen LogP contribution in [0.4, 0.5) is 4.39 Å². The molecular weight excluding hydrogens is 286 g/mol. The lowest BCUT2D eigenvalue weighted by atomic mass is 10.1. The van der Waals surface area contributed by atoms with Gasteiger partial charge in [-0.25, -0.2) is 9.37 Å². The third-order valence-electron chi connectivity index (χ3n) is 3.74. The molecule has 1 aromatic heterocycles. The molecule has 0 spiro atoms. The highest BCUT2D eigenvalue weighted by atomic mass is 35.5. The predicted molar refractivity (Wildman–Crippen MR) is 76.3 cm³/mol. The van der Waals surface area contributed by atoms with E-state index in [0.717, 1.165) is 23.7 Å². The maximum Gasteiger partial charge on any atom is 0.144 e. The second kappa shape index (κ2) is 4.95. The zero-order valence-corrected chi connectivity index (χ0v) is 12.2. The summed E-state index contributed by atoms with van der Waals surface area (Å²) >= 11 is 11.8. The molecule has 1 saturated carbocycles. The van der Waals surface area contributed by atoms with Crippen LogP contribution in [0.1, 0.15) is 38.1 Å². The van der Waals surface area contributed by atoms with Crippen LogP contribution in [0.15, 0.2) is 12.1 Å². The summed E-state index contributed by atoms with van der Waals surface area (Å²) in [6.45, 7) is 2.14. The van der Waals surface area contributed by atoms with Gasteiger partial charge in [-0.2, -0.15) is 0 Å². The maximum absolute atomic E-state index is 13.7. The zero-order chi connectivity index (χ0) is 13.6. The van der Waals surface area contributed by atoms with E-state index in [-0.39, 0.29) is 11.1 Å². The van der Waals surface area contributed by atoms with Crippen molar-refractivity contribution in [3.63, 3.8) is 0 Å². The molecule has 0 aliphatic heterocycles. The van der Waals surface area contributed by atoms with Crippen molar-refractivity contribution < 1.29 is 4.39 Å². The first-order valence-electron chi connectivity index (χ1n) is 6.52. The molecule has 1 fully saturated rings. The number of imidazole rings is 1. The zero-order valence-electron chi connectivity index (χ0n) is 10.7. The average molecular weight is 301 g/mol. The van der Waals surface area contributed by atoms with Crippen molar-refractivity contribution >= 4 is 34.2 Å². The number of aromatic nitrogens is 2. The first-order chi connectivity index (χ1) is 9.10. The van der Waals surface area contributed by atoms with Gasteiger partial charge in [0.25, 0.3) is 0 Å². The predicted octanol–water partition coefficient (Wildman–Crippen LogP) is 4.93. The highest BCUT2D eigenvalue weighted by molar-refractivity contribution is 6.31. The number of rotatable bonds is 4. The van der Waals surface area contributed by atoms with Crippen molar-refractivity contribution in [3.05, 3.63) is 28.8 Å². The molecule has 0 N–H and O–H groups in total. The summed E-state index contributed by atoms with van der Waals surface area (Å²) in [7, 11) is 0. The van der Waals surface area contributed by atoms with Crippen LogP contribution < -0.4 is 0 Å². The van der Waals surface area contributed by atoms with Crippen LogP contribution in [0, 0.1) is 11.7 Å². The van der Waals surface area contributed by atoms with E-state index >= 15 is 0 Å². The maximum atomic E-state index is 13.7. The molecular formula is C14H15Cl2FN2. The SMILES string of the molecule is CC(CC1CC1)n1c(CCl)nc2cc(Cl)c(F)cc21. The van der Waals surface area contributed by atoms with E-state index < -0.39 is 5.82 Å². The largest absolute Gasteiger partial charge is 0.324 e. The highest BCUT2D eigenvalue weighted by Crippen LogP contribution is 2.38.